The normalized spacial score (nSPS) is 15.8. The summed E-state index contributed by atoms with van der Waals surface area (Å²) in [5.41, 5.74) is 0.187. The zero-order valence-electron chi connectivity index (χ0n) is 10.8. The standard InChI is InChI=1S/C14H19F3O/c1-9(2)13(10(3)18)8-11-4-6-12(7-5-11)14(15,16)17/h4-7,9-10,13,18H,8H2,1-3H3. The maximum Gasteiger partial charge on any atom is 0.416 e. The van der Waals surface area contributed by atoms with E-state index < -0.39 is 17.8 Å². The highest BCUT2D eigenvalue weighted by atomic mass is 19.4. The quantitative estimate of drug-likeness (QED) is 0.870. The van der Waals surface area contributed by atoms with E-state index >= 15 is 0 Å². The Morgan fingerprint density at radius 3 is 1.89 bits per heavy atom. The first-order chi connectivity index (χ1) is 8.21. The van der Waals surface area contributed by atoms with Crippen LogP contribution in [0.5, 0.6) is 0 Å². The highest BCUT2D eigenvalue weighted by Crippen LogP contribution is 2.30. The zero-order valence-corrected chi connectivity index (χ0v) is 10.8. The molecule has 0 saturated carbocycles. The highest BCUT2D eigenvalue weighted by molar-refractivity contribution is 5.25. The molecule has 1 N–H and O–H groups in total. The van der Waals surface area contributed by atoms with Gasteiger partial charge in [-0.3, -0.25) is 0 Å². The molecular formula is C14H19F3O. The monoisotopic (exact) mass is 260 g/mol. The van der Waals surface area contributed by atoms with Crippen LogP contribution in [0.4, 0.5) is 13.2 Å². The smallest absolute Gasteiger partial charge is 0.393 e. The lowest BCUT2D eigenvalue weighted by molar-refractivity contribution is -0.137. The lowest BCUT2D eigenvalue weighted by Gasteiger charge is -2.24. The second kappa shape index (κ2) is 5.74. The van der Waals surface area contributed by atoms with Crippen LogP contribution in [0.3, 0.4) is 0 Å². The van der Waals surface area contributed by atoms with Crippen LogP contribution in [0.25, 0.3) is 0 Å². The molecule has 2 unspecified atom stereocenters. The maximum atomic E-state index is 12.4. The number of alkyl halides is 3. The van der Waals surface area contributed by atoms with Crippen molar-refractivity contribution in [1.82, 2.24) is 0 Å². The van der Waals surface area contributed by atoms with Crippen molar-refractivity contribution in [2.45, 2.75) is 39.5 Å². The Hall–Kier alpha value is -1.03. The van der Waals surface area contributed by atoms with E-state index in [2.05, 4.69) is 0 Å². The van der Waals surface area contributed by atoms with Crippen LogP contribution >= 0.6 is 0 Å². The second-order valence-electron chi connectivity index (χ2n) is 5.05. The van der Waals surface area contributed by atoms with Crippen molar-refractivity contribution >= 4 is 0 Å². The molecule has 102 valence electrons. The Kier molecular flexibility index (Phi) is 4.79. The van der Waals surface area contributed by atoms with Gasteiger partial charge in [-0.2, -0.15) is 13.2 Å². The third-order valence-electron chi connectivity index (χ3n) is 3.23. The number of aliphatic hydroxyl groups is 1. The van der Waals surface area contributed by atoms with Gasteiger partial charge in [-0.25, -0.2) is 0 Å². The fourth-order valence-corrected chi connectivity index (χ4v) is 2.07. The Labute approximate surface area is 106 Å². The van der Waals surface area contributed by atoms with E-state index in [1.165, 1.54) is 12.1 Å². The average Bonchev–Trinajstić information content (AvgIpc) is 2.24. The second-order valence-corrected chi connectivity index (χ2v) is 5.05. The predicted octanol–water partition coefficient (Wildman–Crippen LogP) is 3.90. The maximum absolute atomic E-state index is 12.4. The first kappa shape index (κ1) is 15.0. The van der Waals surface area contributed by atoms with Crippen molar-refractivity contribution in [1.29, 1.82) is 0 Å². The van der Waals surface area contributed by atoms with Gasteiger partial charge in [0.25, 0.3) is 0 Å². The van der Waals surface area contributed by atoms with Gasteiger partial charge >= 0.3 is 6.18 Å². The molecule has 2 atom stereocenters. The molecule has 18 heavy (non-hydrogen) atoms. The molecule has 0 radical (unpaired) electrons. The summed E-state index contributed by atoms with van der Waals surface area (Å²) in [6.45, 7) is 5.72. The summed E-state index contributed by atoms with van der Waals surface area (Å²) in [4.78, 5) is 0. The first-order valence-corrected chi connectivity index (χ1v) is 6.06. The summed E-state index contributed by atoms with van der Waals surface area (Å²) < 4.78 is 37.2. The summed E-state index contributed by atoms with van der Waals surface area (Å²) in [5.74, 6) is 0.342. The van der Waals surface area contributed by atoms with Gasteiger partial charge in [0.05, 0.1) is 11.7 Å². The van der Waals surface area contributed by atoms with Crippen LogP contribution in [0.1, 0.15) is 31.9 Å². The van der Waals surface area contributed by atoms with Crippen LogP contribution in [-0.4, -0.2) is 11.2 Å². The van der Waals surface area contributed by atoms with Gasteiger partial charge in [-0.1, -0.05) is 26.0 Å². The third-order valence-corrected chi connectivity index (χ3v) is 3.23. The molecule has 0 spiro atoms. The predicted molar refractivity (Wildman–Crippen MR) is 65.2 cm³/mol. The first-order valence-electron chi connectivity index (χ1n) is 6.06. The van der Waals surface area contributed by atoms with Gasteiger partial charge in [-0.05, 0) is 42.9 Å². The van der Waals surface area contributed by atoms with E-state index in [-0.39, 0.29) is 11.8 Å². The Balaban J connectivity index is 2.80. The number of halogens is 3. The summed E-state index contributed by atoms with van der Waals surface area (Å²) in [6, 6.07) is 5.16. The molecule has 1 nitrogen and oxygen atoms in total. The molecular weight excluding hydrogens is 241 g/mol. The molecule has 0 amide bonds. The Morgan fingerprint density at radius 1 is 1.06 bits per heavy atom. The summed E-state index contributed by atoms with van der Waals surface area (Å²) in [6.07, 6.45) is -4.17. The van der Waals surface area contributed by atoms with Gasteiger partial charge in [0.1, 0.15) is 0 Å². The molecule has 0 aliphatic heterocycles. The van der Waals surface area contributed by atoms with E-state index in [9.17, 15) is 18.3 Å². The van der Waals surface area contributed by atoms with Gasteiger partial charge in [0, 0.05) is 0 Å². The van der Waals surface area contributed by atoms with Crippen molar-refractivity contribution in [3.8, 4) is 0 Å². The summed E-state index contributed by atoms with van der Waals surface area (Å²) >= 11 is 0. The zero-order chi connectivity index (χ0) is 13.9. The molecule has 1 rings (SSSR count). The number of hydrogen-bond donors (Lipinski definition) is 1. The molecule has 0 fully saturated rings. The highest BCUT2D eigenvalue weighted by Gasteiger charge is 2.30. The fraction of sp³-hybridized carbons (Fsp3) is 0.571. The van der Waals surface area contributed by atoms with Crippen molar-refractivity contribution in [3.05, 3.63) is 35.4 Å². The van der Waals surface area contributed by atoms with E-state index in [1.807, 2.05) is 13.8 Å². The van der Waals surface area contributed by atoms with Gasteiger partial charge in [0.2, 0.25) is 0 Å². The molecule has 0 aromatic heterocycles. The van der Waals surface area contributed by atoms with Crippen molar-refractivity contribution < 1.29 is 18.3 Å². The SMILES string of the molecule is CC(C)C(Cc1ccc(C(F)(F)F)cc1)C(C)O. The average molecular weight is 260 g/mol. The molecule has 0 aliphatic rings. The Bertz CT molecular complexity index is 358. The molecule has 4 heteroatoms. The largest absolute Gasteiger partial charge is 0.416 e. The van der Waals surface area contributed by atoms with Crippen LogP contribution in [0.2, 0.25) is 0 Å². The molecule has 1 aromatic rings. The van der Waals surface area contributed by atoms with Gasteiger partial charge in [0.15, 0.2) is 0 Å². The minimum absolute atomic E-state index is 0.0572. The van der Waals surface area contributed by atoms with Crippen molar-refractivity contribution in [2.24, 2.45) is 11.8 Å². The van der Waals surface area contributed by atoms with Gasteiger partial charge < -0.3 is 5.11 Å². The number of hydrogen-bond acceptors (Lipinski definition) is 1. The van der Waals surface area contributed by atoms with Crippen LogP contribution < -0.4 is 0 Å². The minimum atomic E-state index is -4.29. The topological polar surface area (TPSA) is 20.2 Å². The molecule has 0 bridgehead atoms. The van der Waals surface area contributed by atoms with Crippen LogP contribution in [0.15, 0.2) is 24.3 Å². The molecule has 0 saturated heterocycles. The van der Waals surface area contributed by atoms with Crippen LogP contribution in [0, 0.1) is 11.8 Å². The minimum Gasteiger partial charge on any atom is -0.393 e. The lowest BCUT2D eigenvalue weighted by Crippen LogP contribution is -2.24. The third kappa shape index (κ3) is 4.02. The van der Waals surface area contributed by atoms with Crippen molar-refractivity contribution in [3.63, 3.8) is 0 Å². The Morgan fingerprint density at radius 2 is 1.56 bits per heavy atom. The summed E-state index contributed by atoms with van der Waals surface area (Å²) in [5, 5.41) is 9.65. The lowest BCUT2D eigenvalue weighted by atomic mass is 9.85. The number of aliphatic hydroxyl groups excluding tert-OH is 1. The fourth-order valence-electron chi connectivity index (χ4n) is 2.07. The molecule has 0 aliphatic carbocycles. The van der Waals surface area contributed by atoms with E-state index in [0.29, 0.717) is 6.42 Å². The molecule has 0 heterocycles. The van der Waals surface area contributed by atoms with Gasteiger partial charge in [-0.15, -0.1) is 0 Å². The molecule has 1 aromatic carbocycles. The van der Waals surface area contributed by atoms with E-state index in [1.54, 1.807) is 6.92 Å². The van der Waals surface area contributed by atoms with Crippen LogP contribution in [-0.2, 0) is 12.6 Å². The number of benzene rings is 1. The summed E-state index contributed by atoms with van der Waals surface area (Å²) in [7, 11) is 0. The van der Waals surface area contributed by atoms with E-state index in [4.69, 9.17) is 0 Å². The van der Waals surface area contributed by atoms with Crippen molar-refractivity contribution in [2.75, 3.05) is 0 Å². The number of rotatable bonds is 4. The van der Waals surface area contributed by atoms with E-state index in [0.717, 1.165) is 17.7 Å².